The molecule has 4 aliphatic carbocycles. The minimum atomic E-state index is 0.775. The molecule has 0 aliphatic heterocycles. The summed E-state index contributed by atoms with van der Waals surface area (Å²) in [4.78, 5) is 0. The van der Waals surface area contributed by atoms with Gasteiger partial charge in [0.25, 0.3) is 0 Å². The smallest absolute Gasteiger partial charge is 0.00768 e. The molecule has 4 rings (SSSR count). The summed E-state index contributed by atoms with van der Waals surface area (Å²) in [6, 6.07) is 0. The van der Waals surface area contributed by atoms with Gasteiger partial charge >= 0.3 is 0 Å². The quantitative estimate of drug-likeness (QED) is 0.724. The second-order valence-corrected chi connectivity index (χ2v) is 6.16. The Labute approximate surface area is 100 Å². The Kier molecular flexibility index (Phi) is 4.66. The van der Waals surface area contributed by atoms with E-state index in [4.69, 9.17) is 11.5 Å². The molecule has 4 bridgehead atoms. The number of unbranched alkanes of at least 4 members (excludes halogenated alkanes) is 1. The number of hydrogen-bond acceptors (Lipinski definition) is 2. The first kappa shape index (κ1) is 12.4. The molecule has 0 heterocycles. The first-order chi connectivity index (χ1) is 7.81. The van der Waals surface area contributed by atoms with E-state index in [9.17, 15) is 0 Å². The lowest BCUT2D eigenvalue weighted by atomic mass is 9.56. The molecule has 0 aromatic carbocycles. The Morgan fingerprint density at radius 3 is 1.00 bits per heavy atom. The number of hydrogen-bond donors (Lipinski definition) is 2. The summed E-state index contributed by atoms with van der Waals surface area (Å²) in [6.45, 7) is 1.55. The van der Waals surface area contributed by atoms with E-state index in [-0.39, 0.29) is 0 Å². The summed E-state index contributed by atoms with van der Waals surface area (Å²) in [6.07, 6.45) is 11.8. The minimum Gasteiger partial charge on any atom is -0.330 e. The molecule has 2 nitrogen and oxygen atoms in total. The fraction of sp³-hybridized carbons (Fsp3) is 1.00. The molecule has 2 heteroatoms. The van der Waals surface area contributed by atoms with Crippen LogP contribution in [0.25, 0.3) is 0 Å². The Morgan fingerprint density at radius 2 is 0.812 bits per heavy atom. The summed E-state index contributed by atoms with van der Waals surface area (Å²) >= 11 is 0. The minimum absolute atomic E-state index is 0.775. The van der Waals surface area contributed by atoms with Gasteiger partial charge in [0.15, 0.2) is 0 Å². The van der Waals surface area contributed by atoms with Gasteiger partial charge in [-0.05, 0) is 88.1 Å². The maximum Gasteiger partial charge on any atom is -0.00768 e. The van der Waals surface area contributed by atoms with Gasteiger partial charge in [-0.1, -0.05) is 0 Å². The zero-order valence-corrected chi connectivity index (χ0v) is 10.5. The van der Waals surface area contributed by atoms with Gasteiger partial charge in [0.05, 0.1) is 0 Å². The zero-order valence-electron chi connectivity index (χ0n) is 10.5. The molecule has 0 radical (unpaired) electrons. The highest BCUT2D eigenvalue weighted by molar-refractivity contribution is 4.92. The van der Waals surface area contributed by atoms with Gasteiger partial charge in [-0.25, -0.2) is 0 Å². The number of rotatable bonds is 3. The molecule has 0 amide bonds. The van der Waals surface area contributed by atoms with Crippen LogP contribution in [0.15, 0.2) is 0 Å². The van der Waals surface area contributed by atoms with Gasteiger partial charge in [-0.2, -0.15) is 0 Å². The lowest BCUT2D eigenvalue weighted by Gasteiger charge is -2.49. The van der Waals surface area contributed by atoms with Crippen LogP contribution in [0.2, 0.25) is 0 Å². The van der Waals surface area contributed by atoms with E-state index < -0.39 is 0 Å². The van der Waals surface area contributed by atoms with Crippen molar-refractivity contribution in [3.8, 4) is 0 Å². The van der Waals surface area contributed by atoms with Crippen LogP contribution in [0.1, 0.15) is 51.4 Å². The average molecular weight is 224 g/mol. The van der Waals surface area contributed by atoms with Crippen LogP contribution in [-0.4, -0.2) is 13.1 Å². The standard InChI is InChI=1S/C10H16.C4H12N2/c1-7-2-9-4-8(1)5-10(3-7)6-9;5-3-1-2-4-6/h7-10H,1-6H2;1-6H2. The van der Waals surface area contributed by atoms with Crippen LogP contribution in [0.3, 0.4) is 0 Å². The number of nitrogens with two attached hydrogens (primary N) is 2. The molecule has 0 atom stereocenters. The predicted octanol–water partition coefficient (Wildman–Crippen LogP) is 2.52. The summed E-state index contributed by atoms with van der Waals surface area (Å²) < 4.78 is 0. The molecule has 0 spiro atoms. The van der Waals surface area contributed by atoms with E-state index in [1.54, 1.807) is 38.5 Å². The van der Waals surface area contributed by atoms with Crippen molar-refractivity contribution in [2.45, 2.75) is 51.4 Å². The monoisotopic (exact) mass is 224 g/mol. The van der Waals surface area contributed by atoms with Gasteiger partial charge in [-0.3, -0.25) is 0 Å². The molecule has 4 N–H and O–H groups in total. The molecular formula is C14H28N2. The average Bonchev–Trinajstić information content (AvgIpc) is 2.25. The van der Waals surface area contributed by atoms with Crippen LogP contribution >= 0.6 is 0 Å². The molecule has 0 aromatic heterocycles. The summed E-state index contributed by atoms with van der Waals surface area (Å²) in [5.74, 6) is 4.71. The highest BCUT2D eigenvalue weighted by atomic mass is 14.5. The largest absolute Gasteiger partial charge is 0.330 e. The molecular weight excluding hydrogens is 196 g/mol. The summed E-state index contributed by atoms with van der Waals surface area (Å²) in [5.41, 5.74) is 10.3. The van der Waals surface area contributed by atoms with E-state index in [2.05, 4.69) is 0 Å². The summed E-state index contributed by atoms with van der Waals surface area (Å²) in [5, 5.41) is 0. The molecule has 94 valence electrons. The van der Waals surface area contributed by atoms with Crippen molar-refractivity contribution in [1.29, 1.82) is 0 Å². The maximum atomic E-state index is 5.16. The van der Waals surface area contributed by atoms with Gasteiger partial charge in [-0.15, -0.1) is 0 Å². The Morgan fingerprint density at radius 1 is 0.562 bits per heavy atom. The zero-order chi connectivity index (χ0) is 11.4. The van der Waals surface area contributed by atoms with Crippen molar-refractivity contribution in [2.75, 3.05) is 13.1 Å². The Bertz CT molecular complexity index is 142. The lowest BCUT2D eigenvalue weighted by Crippen LogP contribution is -2.38. The molecule has 4 aliphatic rings. The van der Waals surface area contributed by atoms with Crippen molar-refractivity contribution < 1.29 is 0 Å². The SMILES string of the molecule is C1C2CC3CC1CC(C2)C3.NCCCCN. The highest BCUT2D eigenvalue weighted by Crippen LogP contribution is 2.53. The molecule has 0 unspecified atom stereocenters. The van der Waals surface area contributed by atoms with E-state index in [0.29, 0.717) is 0 Å². The van der Waals surface area contributed by atoms with Crippen molar-refractivity contribution in [1.82, 2.24) is 0 Å². The topological polar surface area (TPSA) is 52.0 Å². The molecule has 0 saturated heterocycles. The molecule has 16 heavy (non-hydrogen) atoms. The van der Waals surface area contributed by atoms with E-state index in [1.807, 2.05) is 0 Å². The fourth-order valence-electron chi connectivity index (χ4n) is 4.27. The first-order valence-electron chi connectivity index (χ1n) is 7.22. The third-order valence-corrected chi connectivity index (χ3v) is 4.66. The Hall–Kier alpha value is -0.0800. The normalized spacial score (nSPS) is 39.4. The van der Waals surface area contributed by atoms with Crippen LogP contribution in [0.5, 0.6) is 0 Å². The van der Waals surface area contributed by atoms with E-state index in [1.165, 1.54) is 23.7 Å². The van der Waals surface area contributed by atoms with Gasteiger partial charge < -0.3 is 11.5 Å². The van der Waals surface area contributed by atoms with Crippen LogP contribution < -0.4 is 11.5 Å². The third kappa shape index (κ3) is 3.21. The van der Waals surface area contributed by atoms with Gasteiger partial charge in [0.2, 0.25) is 0 Å². The predicted molar refractivity (Wildman–Crippen MR) is 69.0 cm³/mol. The molecule has 0 aromatic rings. The summed E-state index contributed by atoms with van der Waals surface area (Å²) in [7, 11) is 0. The van der Waals surface area contributed by atoms with Crippen LogP contribution in [0, 0.1) is 23.7 Å². The molecule has 4 fully saturated rings. The fourth-order valence-corrected chi connectivity index (χ4v) is 4.27. The molecule has 4 saturated carbocycles. The van der Waals surface area contributed by atoms with E-state index >= 15 is 0 Å². The van der Waals surface area contributed by atoms with Crippen molar-refractivity contribution >= 4 is 0 Å². The van der Waals surface area contributed by atoms with Crippen molar-refractivity contribution in [2.24, 2.45) is 35.1 Å². The van der Waals surface area contributed by atoms with Gasteiger partial charge in [0.1, 0.15) is 0 Å². The second-order valence-electron chi connectivity index (χ2n) is 6.16. The van der Waals surface area contributed by atoms with Gasteiger partial charge in [0, 0.05) is 0 Å². The van der Waals surface area contributed by atoms with Crippen LogP contribution in [-0.2, 0) is 0 Å². The van der Waals surface area contributed by atoms with Crippen LogP contribution in [0.4, 0.5) is 0 Å². The highest BCUT2D eigenvalue weighted by Gasteiger charge is 2.41. The second kappa shape index (κ2) is 6.02. The maximum absolute atomic E-state index is 5.16. The lowest BCUT2D eigenvalue weighted by molar-refractivity contribution is 0.0198. The van der Waals surface area contributed by atoms with Crippen molar-refractivity contribution in [3.63, 3.8) is 0 Å². The Balaban J connectivity index is 0.000000142. The first-order valence-corrected chi connectivity index (χ1v) is 7.22. The van der Waals surface area contributed by atoms with E-state index in [0.717, 1.165) is 25.9 Å². The third-order valence-electron chi connectivity index (χ3n) is 4.66. The van der Waals surface area contributed by atoms with Crippen molar-refractivity contribution in [3.05, 3.63) is 0 Å².